The van der Waals surface area contributed by atoms with E-state index in [2.05, 4.69) is 10.3 Å². The van der Waals surface area contributed by atoms with Crippen molar-refractivity contribution in [3.8, 4) is 5.75 Å². The summed E-state index contributed by atoms with van der Waals surface area (Å²) < 4.78 is 35.4. The molecule has 1 saturated carbocycles. The van der Waals surface area contributed by atoms with Crippen LogP contribution in [0.3, 0.4) is 0 Å². The van der Waals surface area contributed by atoms with Crippen molar-refractivity contribution in [1.29, 1.82) is 0 Å². The number of rotatable bonds is 5. The third-order valence-electron chi connectivity index (χ3n) is 6.44. The number of ether oxygens (including phenoxy) is 1. The molecule has 164 valence electrons. The molecule has 8 heteroatoms. The van der Waals surface area contributed by atoms with E-state index >= 15 is 0 Å². The molecule has 0 saturated heterocycles. The lowest BCUT2D eigenvalue weighted by Crippen LogP contribution is -2.72. The number of aromatic nitrogens is 2. The summed E-state index contributed by atoms with van der Waals surface area (Å²) in [5, 5.41) is 3.07. The lowest BCUT2D eigenvalue weighted by Gasteiger charge is -2.54. The number of pyridine rings is 1. The van der Waals surface area contributed by atoms with Crippen molar-refractivity contribution >= 4 is 11.6 Å². The van der Waals surface area contributed by atoms with E-state index in [1.807, 2.05) is 20.8 Å². The minimum Gasteiger partial charge on any atom is -0.485 e. The molecular formula is C23H26F2N4O2. The van der Waals surface area contributed by atoms with Crippen LogP contribution in [-0.2, 0) is 6.61 Å². The first kappa shape index (κ1) is 21.2. The second-order valence-electron chi connectivity index (χ2n) is 8.81. The molecule has 0 aliphatic heterocycles. The number of nitrogens with zero attached hydrogens (tertiary/aromatic N) is 2. The quantitative estimate of drug-likeness (QED) is 0.648. The predicted molar refractivity (Wildman–Crippen MR) is 113 cm³/mol. The maximum atomic E-state index is 14.0. The summed E-state index contributed by atoms with van der Waals surface area (Å²) in [5.41, 5.74) is 7.26. The Morgan fingerprint density at radius 1 is 1.26 bits per heavy atom. The summed E-state index contributed by atoms with van der Waals surface area (Å²) in [6.07, 6.45) is 3.41. The summed E-state index contributed by atoms with van der Waals surface area (Å²) in [6.45, 7) is 7.15. The van der Waals surface area contributed by atoms with E-state index in [0.29, 0.717) is 22.8 Å². The molecule has 1 aliphatic carbocycles. The molecule has 31 heavy (non-hydrogen) atoms. The monoisotopic (exact) mass is 428 g/mol. The van der Waals surface area contributed by atoms with E-state index in [4.69, 9.17) is 10.5 Å². The number of aryl methyl sites for hydroxylation is 2. The number of hydrogen-bond acceptors (Lipinski definition) is 4. The van der Waals surface area contributed by atoms with Gasteiger partial charge in [0.2, 0.25) is 0 Å². The first-order chi connectivity index (χ1) is 14.5. The molecule has 1 amide bonds. The van der Waals surface area contributed by atoms with Gasteiger partial charge in [-0.25, -0.2) is 13.8 Å². The van der Waals surface area contributed by atoms with Crippen LogP contribution in [0.4, 0.5) is 8.78 Å². The highest BCUT2D eigenvalue weighted by Gasteiger charge is 2.51. The standard InChI is InChI=1S/C23H26F2N4O2/c1-13-10-18(31-12-15-16(24)6-5-7-17(15)25)20-27-14(2)19(29(20)11-13)21(30)28-23(4)9-8-22(23,3)26/h5-7,10-11H,8-9,12,26H2,1-4H3,(H,28,30)/t22-,23-/m0/s1. The molecule has 3 aromatic rings. The van der Waals surface area contributed by atoms with E-state index in [0.717, 1.165) is 18.4 Å². The largest absolute Gasteiger partial charge is 0.485 e. The number of hydrogen-bond donors (Lipinski definition) is 2. The first-order valence-corrected chi connectivity index (χ1v) is 10.2. The van der Waals surface area contributed by atoms with Gasteiger partial charge in [0.1, 0.15) is 23.9 Å². The number of imidazole rings is 1. The molecule has 3 N–H and O–H groups in total. The van der Waals surface area contributed by atoms with Crippen LogP contribution in [0.2, 0.25) is 0 Å². The Balaban J connectivity index is 1.68. The zero-order valence-corrected chi connectivity index (χ0v) is 18.1. The van der Waals surface area contributed by atoms with Gasteiger partial charge in [-0.2, -0.15) is 0 Å². The number of halogens is 2. The van der Waals surface area contributed by atoms with Crippen LogP contribution in [-0.4, -0.2) is 26.4 Å². The minimum absolute atomic E-state index is 0.163. The van der Waals surface area contributed by atoms with E-state index in [1.165, 1.54) is 18.2 Å². The highest BCUT2D eigenvalue weighted by molar-refractivity contribution is 5.95. The molecule has 1 aliphatic rings. The zero-order valence-electron chi connectivity index (χ0n) is 18.1. The number of benzene rings is 1. The summed E-state index contributed by atoms with van der Waals surface area (Å²) >= 11 is 0. The Labute approximate surface area is 179 Å². The molecule has 0 bridgehead atoms. The van der Waals surface area contributed by atoms with Crippen molar-refractivity contribution in [3.63, 3.8) is 0 Å². The number of amides is 1. The minimum atomic E-state index is -0.679. The average Bonchev–Trinajstić information content (AvgIpc) is 3.02. The molecule has 2 atom stereocenters. The Hall–Kier alpha value is -3.00. The number of nitrogens with one attached hydrogen (secondary N) is 1. The summed E-state index contributed by atoms with van der Waals surface area (Å²) in [4.78, 5) is 17.7. The summed E-state index contributed by atoms with van der Waals surface area (Å²) in [7, 11) is 0. The van der Waals surface area contributed by atoms with Crippen LogP contribution in [0, 0.1) is 25.5 Å². The molecule has 2 heterocycles. The van der Waals surface area contributed by atoms with E-state index in [-0.39, 0.29) is 18.1 Å². The molecule has 4 rings (SSSR count). The van der Waals surface area contributed by atoms with Gasteiger partial charge >= 0.3 is 0 Å². The van der Waals surface area contributed by atoms with Crippen LogP contribution in [0.5, 0.6) is 5.75 Å². The maximum Gasteiger partial charge on any atom is 0.270 e. The fourth-order valence-corrected chi connectivity index (χ4v) is 3.97. The van der Waals surface area contributed by atoms with Gasteiger partial charge in [0.15, 0.2) is 11.4 Å². The molecule has 1 aromatic carbocycles. The normalized spacial score (nSPS) is 22.9. The van der Waals surface area contributed by atoms with Gasteiger partial charge in [-0.1, -0.05) is 6.07 Å². The van der Waals surface area contributed by atoms with Gasteiger partial charge in [-0.15, -0.1) is 0 Å². The highest BCUT2D eigenvalue weighted by atomic mass is 19.1. The summed E-state index contributed by atoms with van der Waals surface area (Å²) in [5.74, 6) is -1.30. The van der Waals surface area contributed by atoms with E-state index in [9.17, 15) is 13.6 Å². The molecule has 2 aromatic heterocycles. The van der Waals surface area contributed by atoms with Gasteiger partial charge < -0.3 is 15.8 Å². The molecule has 0 unspecified atom stereocenters. The van der Waals surface area contributed by atoms with Gasteiger partial charge in [0.05, 0.1) is 16.8 Å². The smallest absolute Gasteiger partial charge is 0.270 e. The number of nitrogens with two attached hydrogens (primary N) is 1. The van der Waals surface area contributed by atoms with Gasteiger partial charge in [-0.3, -0.25) is 9.20 Å². The van der Waals surface area contributed by atoms with Crippen LogP contribution in [0.25, 0.3) is 5.65 Å². The van der Waals surface area contributed by atoms with Crippen LogP contribution >= 0.6 is 0 Å². The van der Waals surface area contributed by atoms with Gasteiger partial charge in [-0.05, 0) is 64.3 Å². The van der Waals surface area contributed by atoms with Crippen molar-refractivity contribution in [3.05, 3.63) is 64.6 Å². The highest BCUT2D eigenvalue weighted by Crippen LogP contribution is 2.40. The molecular weight excluding hydrogens is 402 g/mol. The Bertz CT molecular complexity index is 1170. The first-order valence-electron chi connectivity index (χ1n) is 10.2. The van der Waals surface area contributed by atoms with Crippen LogP contribution in [0.15, 0.2) is 30.5 Å². The van der Waals surface area contributed by atoms with E-state index < -0.39 is 22.7 Å². The third-order valence-corrected chi connectivity index (χ3v) is 6.44. The van der Waals surface area contributed by atoms with Crippen LogP contribution < -0.4 is 15.8 Å². The fraction of sp³-hybridized carbons (Fsp3) is 0.391. The van der Waals surface area contributed by atoms with Crippen molar-refractivity contribution < 1.29 is 18.3 Å². The molecule has 1 fully saturated rings. The third kappa shape index (κ3) is 3.54. The van der Waals surface area contributed by atoms with E-state index in [1.54, 1.807) is 23.6 Å². The van der Waals surface area contributed by atoms with Gasteiger partial charge in [0.25, 0.3) is 5.91 Å². The zero-order chi connectivity index (χ0) is 22.6. The molecule has 0 radical (unpaired) electrons. The maximum absolute atomic E-state index is 14.0. The van der Waals surface area contributed by atoms with Crippen molar-refractivity contribution in [2.24, 2.45) is 5.73 Å². The number of fused-ring (bicyclic) bond motifs is 1. The van der Waals surface area contributed by atoms with Crippen molar-refractivity contribution in [1.82, 2.24) is 14.7 Å². The summed E-state index contributed by atoms with van der Waals surface area (Å²) in [6, 6.07) is 5.40. The second-order valence-corrected chi connectivity index (χ2v) is 8.81. The SMILES string of the molecule is Cc1cc(OCc2c(F)cccc2F)c2nc(C)c(C(=O)N[C@@]3(C)CC[C@]3(C)N)n2c1. The number of carbonyl (C=O) groups excluding carboxylic acids is 1. The molecule has 6 nitrogen and oxygen atoms in total. The lowest BCUT2D eigenvalue weighted by molar-refractivity contribution is 0.0585. The fourth-order valence-electron chi connectivity index (χ4n) is 3.97. The number of carbonyl (C=O) groups is 1. The second kappa shape index (κ2) is 7.30. The Morgan fingerprint density at radius 3 is 2.52 bits per heavy atom. The Kier molecular flexibility index (Phi) is 5.00. The van der Waals surface area contributed by atoms with Crippen molar-refractivity contribution in [2.45, 2.75) is 58.2 Å². The van der Waals surface area contributed by atoms with Crippen molar-refractivity contribution in [2.75, 3.05) is 0 Å². The Morgan fingerprint density at radius 2 is 1.94 bits per heavy atom. The lowest BCUT2D eigenvalue weighted by atomic mass is 9.63. The molecule has 0 spiro atoms. The predicted octanol–water partition coefficient (Wildman–Crippen LogP) is 3.81. The topological polar surface area (TPSA) is 81.6 Å². The van der Waals surface area contributed by atoms with Gasteiger partial charge in [0, 0.05) is 11.7 Å². The average molecular weight is 428 g/mol. The van der Waals surface area contributed by atoms with Crippen LogP contribution in [0.1, 0.15) is 54.0 Å².